The van der Waals surface area contributed by atoms with E-state index in [2.05, 4.69) is 35.6 Å². The quantitative estimate of drug-likeness (QED) is 0.179. The van der Waals surface area contributed by atoms with Crippen molar-refractivity contribution in [3.05, 3.63) is 12.7 Å². The van der Waals surface area contributed by atoms with Crippen LogP contribution in [-0.4, -0.2) is 58.0 Å². The molecule has 0 atom stereocenters. The van der Waals surface area contributed by atoms with Gasteiger partial charge in [-0.05, 0) is 31.6 Å². The first-order valence-corrected chi connectivity index (χ1v) is 9.95. The third kappa shape index (κ3) is 13.8. The molecule has 0 rings (SSSR count). The molecular formula is C16H34IN3O2S. The highest BCUT2D eigenvalue weighted by molar-refractivity contribution is 14.0. The second-order valence-electron chi connectivity index (χ2n) is 6.57. The predicted octanol–water partition coefficient (Wildman–Crippen LogP) is 2.93. The summed E-state index contributed by atoms with van der Waals surface area (Å²) in [7, 11) is -0.899. The molecule has 0 aromatic carbocycles. The molecule has 0 bridgehead atoms. The molecule has 138 valence electrons. The largest absolute Gasteiger partial charge is 0.357 e. The molecule has 0 heterocycles. The molecule has 0 aliphatic rings. The molecule has 0 aromatic heterocycles. The number of nitrogens with zero attached hydrogens (tertiary/aromatic N) is 2. The highest BCUT2D eigenvalue weighted by atomic mass is 127. The first kappa shape index (κ1) is 24.9. The summed E-state index contributed by atoms with van der Waals surface area (Å²) in [5.41, 5.74) is -0.133. The molecule has 0 spiro atoms. The number of allylic oxidation sites excluding steroid dienone is 1. The number of hydrogen-bond donors (Lipinski definition) is 1. The lowest BCUT2D eigenvalue weighted by Gasteiger charge is -2.26. The van der Waals surface area contributed by atoms with Crippen LogP contribution in [0.15, 0.2) is 17.6 Å². The fraction of sp³-hybridized carbons (Fsp3) is 0.812. The summed E-state index contributed by atoms with van der Waals surface area (Å²) in [6.45, 7) is 12.2. The van der Waals surface area contributed by atoms with E-state index in [4.69, 9.17) is 0 Å². The Morgan fingerprint density at radius 2 is 2.00 bits per heavy atom. The zero-order chi connectivity index (χ0) is 17.2. The van der Waals surface area contributed by atoms with Gasteiger partial charge in [-0.25, -0.2) is 8.42 Å². The summed E-state index contributed by atoms with van der Waals surface area (Å²) in [6, 6.07) is 0. The molecule has 0 unspecified atom stereocenters. The fourth-order valence-corrected chi connectivity index (χ4v) is 2.80. The van der Waals surface area contributed by atoms with Gasteiger partial charge in [-0.15, -0.1) is 30.6 Å². The number of halogens is 1. The minimum absolute atomic E-state index is 0. The smallest absolute Gasteiger partial charge is 0.193 e. The van der Waals surface area contributed by atoms with E-state index < -0.39 is 9.84 Å². The average Bonchev–Trinajstić information content (AvgIpc) is 2.41. The van der Waals surface area contributed by atoms with Gasteiger partial charge in [-0.2, -0.15) is 0 Å². The van der Waals surface area contributed by atoms with Gasteiger partial charge >= 0.3 is 0 Å². The summed E-state index contributed by atoms with van der Waals surface area (Å²) in [4.78, 5) is 6.79. The van der Waals surface area contributed by atoms with Crippen LogP contribution in [0.25, 0.3) is 0 Å². The highest BCUT2D eigenvalue weighted by Crippen LogP contribution is 2.21. The number of rotatable bonds is 10. The molecule has 0 aliphatic heterocycles. The Balaban J connectivity index is 0. The van der Waals surface area contributed by atoms with Gasteiger partial charge in [0.25, 0.3) is 0 Å². The van der Waals surface area contributed by atoms with Crippen LogP contribution in [0.1, 0.15) is 40.0 Å². The monoisotopic (exact) mass is 459 g/mol. The van der Waals surface area contributed by atoms with Crippen molar-refractivity contribution in [3.8, 4) is 0 Å². The average molecular weight is 459 g/mol. The molecule has 0 amide bonds. The van der Waals surface area contributed by atoms with Crippen molar-refractivity contribution in [2.45, 2.75) is 40.0 Å². The first-order chi connectivity index (χ1) is 10.1. The van der Waals surface area contributed by atoms with Crippen LogP contribution in [0.3, 0.4) is 0 Å². The maximum Gasteiger partial charge on any atom is 0.193 e. The van der Waals surface area contributed by atoms with Crippen LogP contribution in [0.2, 0.25) is 0 Å². The van der Waals surface area contributed by atoms with Crippen molar-refractivity contribution in [1.82, 2.24) is 10.2 Å². The van der Waals surface area contributed by atoms with Crippen LogP contribution in [0, 0.1) is 5.41 Å². The van der Waals surface area contributed by atoms with Gasteiger partial charge in [-0.3, -0.25) is 4.99 Å². The number of nitrogens with one attached hydrogen (secondary N) is 1. The molecule has 5 nitrogen and oxygen atoms in total. The second-order valence-corrected chi connectivity index (χ2v) is 8.83. The molecule has 7 heteroatoms. The van der Waals surface area contributed by atoms with E-state index in [9.17, 15) is 8.42 Å². The number of hydrogen-bond acceptors (Lipinski definition) is 3. The van der Waals surface area contributed by atoms with Crippen LogP contribution in [-0.2, 0) is 9.84 Å². The van der Waals surface area contributed by atoms with E-state index >= 15 is 0 Å². The van der Waals surface area contributed by atoms with E-state index in [-0.39, 0.29) is 35.1 Å². The zero-order valence-electron chi connectivity index (χ0n) is 15.3. The Labute approximate surface area is 159 Å². The standard InChI is InChI=1S/C16H33N3O2S.HI/c1-7-9-10-12-19(5)15(17-8-2)18-14-16(3,4)11-13-22(6,20)21;/h7H,1,8-14H2,2-6H3,(H,17,18);1H. The molecule has 0 fully saturated rings. The molecule has 0 aromatic rings. The van der Waals surface area contributed by atoms with Crippen molar-refractivity contribution in [2.24, 2.45) is 10.4 Å². The molecule has 0 saturated heterocycles. The lowest BCUT2D eigenvalue weighted by molar-refractivity contribution is 0.361. The molecule has 0 saturated carbocycles. The Hall–Kier alpha value is -0.310. The Morgan fingerprint density at radius 1 is 1.39 bits per heavy atom. The summed E-state index contributed by atoms with van der Waals surface area (Å²) < 4.78 is 22.6. The lowest BCUT2D eigenvalue weighted by atomic mass is 9.90. The fourth-order valence-electron chi connectivity index (χ4n) is 1.88. The van der Waals surface area contributed by atoms with Crippen molar-refractivity contribution in [1.29, 1.82) is 0 Å². The van der Waals surface area contributed by atoms with Crippen LogP contribution in [0.4, 0.5) is 0 Å². The van der Waals surface area contributed by atoms with Gasteiger partial charge in [0, 0.05) is 32.9 Å². The van der Waals surface area contributed by atoms with Crippen molar-refractivity contribution in [2.75, 3.05) is 38.7 Å². The third-order valence-electron chi connectivity index (χ3n) is 3.40. The van der Waals surface area contributed by atoms with E-state index in [1.807, 2.05) is 20.0 Å². The summed E-state index contributed by atoms with van der Waals surface area (Å²) in [5.74, 6) is 1.08. The van der Waals surface area contributed by atoms with E-state index in [1.165, 1.54) is 6.26 Å². The number of unbranched alkanes of at least 4 members (excludes halogenated alkanes) is 1. The highest BCUT2D eigenvalue weighted by Gasteiger charge is 2.20. The molecule has 23 heavy (non-hydrogen) atoms. The van der Waals surface area contributed by atoms with E-state index in [1.54, 1.807) is 0 Å². The number of guanidine groups is 1. The Bertz CT molecular complexity index is 462. The normalized spacial score (nSPS) is 12.5. The minimum atomic E-state index is -2.92. The Morgan fingerprint density at radius 3 is 2.48 bits per heavy atom. The second kappa shape index (κ2) is 12.1. The summed E-state index contributed by atoms with van der Waals surface area (Å²) >= 11 is 0. The lowest BCUT2D eigenvalue weighted by Crippen LogP contribution is -2.40. The van der Waals surface area contributed by atoms with Crippen LogP contribution >= 0.6 is 24.0 Å². The van der Waals surface area contributed by atoms with Gasteiger partial charge in [0.2, 0.25) is 0 Å². The van der Waals surface area contributed by atoms with Crippen molar-refractivity contribution < 1.29 is 8.42 Å². The third-order valence-corrected chi connectivity index (χ3v) is 4.35. The van der Waals surface area contributed by atoms with Gasteiger partial charge in [-0.1, -0.05) is 19.9 Å². The van der Waals surface area contributed by atoms with Gasteiger partial charge in [0.1, 0.15) is 9.84 Å². The van der Waals surface area contributed by atoms with Gasteiger partial charge < -0.3 is 10.2 Å². The van der Waals surface area contributed by atoms with Crippen LogP contribution < -0.4 is 5.32 Å². The molecule has 0 radical (unpaired) electrons. The maximum atomic E-state index is 11.3. The van der Waals surface area contributed by atoms with E-state index in [0.29, 0.717) is 13.0 Å². The van der Waals surface area contributed by atoms with Crippen molar-refractivity contribution >= 4 is 39.8 Å². The van der Waals surface area contributed by atoms with E-state index in [0.717, 1.165) is 31.9 Å². The van der Waals surface area contributed by atoms with Crippen molar-refractivity contribution in [3.63, 3.8) is 0 Å². The number of aliphatic imine (C=N–C) groups is 1. The SMILES string of the molecule is C=CCCCN(C)C(=NCC(C)(C)CCS(C)(=O)=O)NCC.I. The number of sulfone groups is 1. The molecule has 1 N–H and O–H groups in total. The maximum absolute atomic E-state index is 11.3. The minimum Gasteiger partial charge on any atom is -0.357 e. The summed E-state index contributed by atoms with van der Waals surface area (Å²) in [6.07, 6.45) is 5.86. The van der Waals surface area contributed by atoms with Gasteiger partial charge in [0.05, 0.1) is 5.75 Å². The van der Waals surface area contributed by atoms with Gasteiger partial charge in [0.15, 0.2) is 5.96 Å². The Kier molecular flexibility index (Phi) is 13.1. The predicted molar refractivity (Wildman–Crippen MR) is 112 cm³/mol. The molecular weight excluding hydrogens is 425 g/mol. The molecule has 0 aliphatic carbocycles. The topological polar surface area (TPSA) is 61.8 Å². The van der Waals surface area contributed by atoms with Crippen LogP contribution in [0.5, 0.6) is 0 Å². The summed E-state index contributed by atoms with van der Waals surface area (Å²) in [5, 5.41) is 3.29. The zero-order valence-corrected chi connectivity index (χ0v) is 18.4. The first-order valence-electron chi connectivity index (χ1n) is 7.89.